The van der Waals surface area contributed by atoms with Crippen LogP contribution in [0.15, 0.2) is 35.2 Å². The van der Waals surface area contributed by atoms with Gasteiger partial charge in [0, 0.05) is 0 Å². The first-order chi connectivity index (χ1) is 11.2. The maximum Gasteiger partial charge on any atom is 0.341 e. The number of methoxy groups -OCH3 is 1. The highest BCUT2D eigenvalue weighted by Crippen LogP contribution is 2.28. The lowest BCUT2D eigenvalue weighted by Gasteiger charge is -2.11. The molecule has 2 aromatic rings. The zero-order chi connectivity index (χ0) is 18.1. The van der Waals surface area contributed by atoms with E-state index in [1.54, 1.807) is 0 Å². The first-order valence-corrected chi connectivity index (χ1v) is 8.10. The fourth-order valence-electron chi connectivity index (χ4n) is 1.86. The Labute approximate surface area is 140 Å². The number of anilines is 1. The summed E-state index contributed by atoms with van der Waals surface area (Å²) in [5.74, 6) is -4.37. The number of carboxylic acids is 1. The standard InChI is InChI=1S/C14H10ClF2NO5S/c1-23-12-3-2-8(6-9(12)15)24(21,22)18-7-4-10(16)13(14(19)20)11(17)5-7/h2-6,18H,1H3,(H,19,20). The molecule has 0 fully saturated rings. The third-order valence-corrected chi connectivity index (χ3v) is 4.62. The van der Waals surface area contributed by atoms with Crippen molar-refractivity contribution >= 4 is 33.3 Å². The first kappa shape index (κ1) is 18.0. The number of ether oxygens (including phenoxy) is 1. The van der Waals surface area contributed by atoms with Crippen molar-refractivity contribution in [3.05, 3.63) is 52.6 Å². The van der Waals surface area contributed by atoms with Gasteiger partial charge in [0.25, 0.3) is 10.0 Å². The van der Waals surface area contributed by atoms with Gasteiger partial charge in [-0.1, -0.05) is 11.6 Å². The third-order valence-electron chi connectivity index (χ3n) is 2.94. The van der Waals surface area contributed by atoms with Crippen molar-refractivity contribution in [1.82, 2.24) is 0 Å². The molecule has 0 saturated heterocycles. The Hall–Kier alpha value is -2.39. The van der Waals surface area contributed by atoms with E-state index in [2.05, 4.69) is 0 Å². The number of carbonyl (C=O) groups is 1. The Kier molecular flexibility index (Phi) is 4.95. The monoisotopic (exact) mass is 377 g/mol. The zero-order valence-corrected chi connectivity index (χ0v) is 13.6. The molecule has 6 nitrogen and oxygen atoms in total. The summed E-state index contributed by atoms with van der Waals surface area (Å²) in [4.78, 5) is 10.4. The molecule has 0 aliphatic rings. The lowest BCUT2D eigenvalue weighted by molar-refractivity contribution is 0.0686. The van der Waals surface area contributed by atoms with E-state index >= 15 is 0 Å². The van der Waals surface area contributed by atoms with Gasteiger partial charge in [0.05, 0.1) is 22.7 Å². The third kappa shape index (κ3) is 3.57. The van der Waals surface area contributed by atoms with Crippen LogP contribution in [0.1, 0.15) is 10.4 Å². The second-order valence-corrected chi connectivity index (χ2v) is 6.61. The van der Waals surface area contributed by atoms with Crippen LogP contribution in [0.2, 0.25) is 5.02 Å². The number of hydrogen-bond acceptors (Lipinski definition) is 4. The van der Waals surface area contributed by atoms with Crippen LogP contribution in [0, 0.1) is 11.6 Å². The Morgan fingerprint density at radius 1 is 1.21 bits per heavy atom. The normalized spacial score (nSPS) is 11.2. The Bertz CT molecular complexity index is 894. The van der Waals surface area contributed by atoms with E-state index in [1.165, 1.54) is 19.2 Å². The molecule has 0 aliphatic heterocycles. The summed E-state index contributed by atoms with van der Waals surface area (Å²) < 4.78 is 58.5. The molecular weight excluding hydrogens is 368 g/mol. The van der Waals surface area contributed by atoms with Crippen LogP contribution in [-0.2, 0) is 10.0 Å². The second kappa shape index (κ2) is 6.62. The molecule has 24 heavy (non-hydrogen) atoms. The molecule has 0 unspecified atom stereocenters. The summed E-state index contributed by atoms with van der Waals surface area (Å²) in [5.41, 5.74) is -1.65. The molecule has 0 radical (unpaired) electrons. The van der Waals surface area contributed by atoms with E-state index in [0.29, 0.717) is 12.1 Å². The minimum atomic E-state index is -4.20. The first-order valence-electron chi connectivity index (χ1n) is 6.24. The summed E-state index contributed by atoms with van der Waals surface area (Å²) in [6.45, 7) is 0. The highest BCUT2D eigenvalue weighted by Gasteiger charge is 2.21. The zero-order valence-electron chi connectivity index (χ0n) is 12.0. The van der Waals surface area contributed by atoms with Crippen LogP contribution in [0.3, 0.4) is 0 Å². The summed E-state index contributed by atoms with van der Waals surface area (Å²) in [6, 6.07) is 4.72. The molecule has 128 valence electrons. The molecule has 0 heterocycles. The minimum Gasteiger partial charge on any atom is -0.495 e. The number of hydrogen-bond donors (Lipinski definition) is 2. The number of halogens is 3. The van der Waals surface area contributed by atoms with E-state index < -0.39 is 38.9 Å². The van der Waals surface area contributed by atoms with Crippen LogP contribution in [0.25, 0.3) is 0 Å². The van der Waals surface area contributed by atoms with Gasteiger partial charge < -0.3 is 9.84 Å². The van der Waals surface area contributed by atoms with Gasteiger partial charge in [-0.3, -0.25) is 4.72 Å². The van der Waals surface area contributed by atoms with Crippen LogP contribution in [0.4, 0.5) is 14.5 Å². The van der Waals surface area contributed by atoms with Gasteiger partial charge in [-0.15, -0.1) is 0 Å². The van der Waals surface area contributed by atoms with Crippen molar-refractivity contribution in [2.24, 2.45) is 0 Å². The smallest absolute Gasteiger partial charge is 0.341 e. The lowest BCUT2D eigenvalue weighted by atomic mass is 10.2. The molecule has 0 saturated carbocycles. The van der Waals surface area contributed by atoms with Gasteiger partial charge in [0.1, 0.15) is 22.9 Å². The average molecular weight is 378 g/mol. The SMILES string of the molecule is COc1ccc(S(=O)(=O)Nc2cc(F)c(C(=O)O)c(F)c2)cc1Cl. The number of aromatic carboxylic acids is 1. The molecule has 10 heteroatoms. The summed E-state index contributed by atoms with van der Waals surface area (Å²) in [6.07, 6.45) is 0. The number of nitrogens with one attached hydrogen (secondary N) is 1. The maximum atomic E-state index is 13.6. The summed E-state index contributed by atoms with van der Waals surface area (Å²) in [5, 5.41) is 8.71. The number of carboxylic acid groups (broad SMARTS) is 1. The topological polar surface area (TPSA) is 92.7 Å². The maximum absolute atomic E-state index is 13.6. The molecule has 0 spiro atoms. The van der Waals surface area contributed by atoms with Crippen LogP contribution < -0.4 is 9.46 Å². The molecule has 0 amide bonds. The van der Waals surface area contributed by atoms with Gasteiger partial charge in [-0.2, -0.15) is 0 Å². The predicted octanol–water partition coefficient (Wildman–Crippen LogP) is 3.13. The Morgan fingerprint density at radius 2 is 1.79 bits per heavy atom. The largest absolute Gasteiger partial charge is 0.495 e. The molecule has 0 atom stereocenters. The van der Waals surface area contributed by atoms with Gasteiger partial charge in [0.15, 0.2) is 0 Å². The predicted molar refractivity (Wildman–Crippen MR) is 82.1 cm³/mol. The second-order valence-electron chi connectivity index (χ2n) is 4.52. The van der Waals surface area contributed by atoms with Crippen LogP contribution in [0.5, 0.6) is 5.75 Å². The molecule has 0 bridgehead atoms. The van der Waals surface area contributed by atoms with Gasteiger partial charge >= 0.3 is 5.97 Å². The molecule has 2 aromatic carbocycles. The molecule has 2 rings (SSSR count). The van der Waals surface area contributed by atoms with Crippen molar-refractivity contribution < 1.29 is 31.8 Å². The molecule has 0 aliphatic carbocycles. The Morgan fingerprint density at radius 3 is 2.25 bits per heavy atom. The van der Waals surface area contributed by atoms with Crippen molar-refractivity contribution in [3.63, 3.8) is 0 Å². The summed E-state index contributed by atoms with van der Waals surface area (Å²) >= 11 is 5.84. The lowest BCUT2D eigenvalue weighted by Crippen LogP contribution is -2.14. The molecular formula is C14H10ClF2NO5S. The average Bonchev–Trinajstić information content (AvgIpc) is 2.45. The van der Waals surface area contributed by atoms with E-state index in [0.717, 1.165) is 6.07 Å². The van der Waals surface area contributed by atoms with Gasteiger partial charge in [-0.25, -0.2) is 22.0 Å². The van der Waals surface area contributed by atoms with Crippen LogP contribution >= 0.6 is 11.6 Å². The van der Waals surface area contributed by atoms with Crippen molar-refractivity contribution in [1.29, 1.82) is 0 Å². The Balaban J connectivity index is 2.39. The molecule has 0 aromatic heterocycles. The van der Waals surface area contributed by atoms with E-state index in [4.69, 9.17) is 21.4 Å². The van der Waals surface area contributed by atoms with E-state index in [1.807, 2.05) is 4.72 Å². The van der Waals surface area contributed by atoms with Crippen molar-refractivity contribution in [2.45, 2.75) is 4.90 Å². The van der Waals surface area contributed by atoms with Crippen molar-refractivity contribution in [3.8, 4) is 5.75 Å². The van der Waals surface area contributed by atoms with Crippen LogP contribution in [-0.4, -0.2) is 26.6 Å². The minimum absolute atomic E-state index is 0.0268. The number of benzene rings is 2. The fourth-order valence-corrected chi connectivity index (χ4v) is 3.25. The number of sulfonamides is 1. The quantitative estimate of drug-likeness (QED) is 0.835. The fraction of sp³-hybridized carbons (Fsp3) is 0.0714. The highest BCUT2D eigenvalue weighted by atomic mass is 35.5. The van der Waals surface area contributed by atoms with E-state index in [-0.39, 0.29) is 15.7 Å². The summed E-state index contributed by atoms with van der Waals surface area (Å²) in [7, 11) is -2.85. The van der Waals surface area contributed by atoms with Gasteiger partial charge in [-0.05, 0) is 30.3 Å². The number of rotatable bonds is 5. The van der Waals surface area contributed by atoms with E-state index in [9.17, 15) is 22.0 Å². The molecule has 2 N–H and O–H groups in total. The van der Waals surface area contributed by atoms with Crippen molar-refractivity contribution in [2.75, 3.05) is 11.8 Å². The van der Waals surface area contributed by atoms with Gasteiger partial charge in [0.2, 0.25) is 0 Å². The highest BCUT2D eigenvalue weighted by molar-refractivity contribution is 7.92.